The van der Waals surface area contributed by atoms with Gasteiger partial charge in [0.1, 0.15) is 41.4 Å². The normalized spacial score (nSPS) is 20.2. The summed E-state index contributed by atoms with van der Waals surface area (Å²) in [6.07, 6.45) is 7.97. The van der Waals surface area contributed by atoms with Crippen molar-refractivity contribution in [2.75, 3.05) is 18.1 Å². The number of hydrogen-bond donors (Lipinski definition) is 1. The summed E-state index contributed by atoms with van der Waals surface area (Å²) in [5, 5.41) is 10.8. The van der Waals surface area contributed by atoms with Crippen LogP contribution in [0.2, 0.25) is 0 Å². The number of aromatic hydroxyl groups is 1. The van der Waals surface area contributed by atoms with Crippen molar-refractivity contribution in [2.45, 2.75) is 62.8 Å². The van der Waals surface area contributed by atoms with Gasteiger partial charge in [0.05, 0.1) is 28.7 Å². The molecule has 1 saturated heterocycles. The van der Waals surface area contributed by atoms with Crippen molar-refractivity contribution in [1.82, 2.24) is 24.5 Å². The highest BCUT2D eigenvalue weighted by molar-refractivity contribution is 5.97. The third-order valence-electron chi connectivity index (χ3n) is 8.48. The average molecular weight is 545 g/mol. The van der Waals surface area contributed by atoms with Crippen LogP contribution in [0.3, 0.4) is 0 Å². The quantitative estimate of drug-likeness (QED) is 0.393. The van der Waals surface area contributed by atoms with Gasteiger partial charge < -0.3 is 14.7 Å². The molecule has 4 aromatic rings. The predicted molar refractivity (Wildman–Crippen MR) is 142 cm³/mol. The number of ether oxygens (including phenoxy) is 1. The topological polar surface area (TPSA) is 106 Å². The van der Waals surface area contributed by atoms with E-state index in [0.29, 0.717) is 18.1 Å². The van der Waals surface area contributed by atoms with E-state index < -0.39 is 34.3 Å². The van der Waals surface area contributed by atoms with Gasteiger partial charge in [-0.25, -0.2) is 33.1 Å². The van der Waals surface area contributed by atoms with E-state index in [2.05, 4.69) is 19.9 Å². The molecule has 204 valence electrons. The first-order chi connectivity index (χ1) is 19.5. The SMILES string of the molecule is O=c1nc2c3c(c(F)c(-c4c(O)cccc4F)nc3n1-c1c(C3CC3)ncnc1C1CC1)OC[C@H]1CCCCN21. The fourth-order valence-electron chi connectivity index (χ4n) is 6.22. The Hall–Kier alpha value is -4.15. The highest BCUT2D eigenvalue weighted by atomic mass is 19.1. The standard InChI is InChI=1S/C29H26F2N6O3/c30-17-5-3-6-18(38)19(17)24-21(31)26-20-27(36-11-2-1-4-16(36)12-40-26)35-29(39)37(28(20)34-24)25-22(14-7-8-14)32-13-33-23(25)15-9-10-15/h3,5-6,13-16,38H,1-2,4,7-12H2/t16-/m1/s1. The number of rotatable bonds is 4. The van der Waals surface area contributed by atoms with Crippen molar-refractivity contribution in [3.8, 4) is 28.4 Å². The van der Waals surface area contributed by atoms with Crippen molar-refractivity contribution in [3.05, 3.63) is 58.0 Å². The van der Waals surface area contributed by atoms with E-state index in [1.54, 1.807) is 0 Å². The Morgan fingerprint density at radius 3 is 2.42 bits per heavy atom. The molecule has 0 spiro atoms. The third kappa shape index (κ3) is 3.52. The van der Waals surface area contributed by atoms with Gasteiger partial charge in [-0.05, 0) is 57.1 Å². The summed E-state index contributed by atoms with van der Waals surface area (Å²) in [4.78, 5) is 34.4. The van der Waals surface area contributed by atoms with Gasteiger partial charge in [0.2, 0.25) is 0 Å². The van der Waals surface area contributed by atoms with Gasteiger partial charge in [-0.1, -0.05) is 6.07 Å². The molecule has 0 unspecified atom stereocenters. The number of piperidine rings is 1. The Kier molecular flexibility index (Phi) is 5.14. The largest absolute Gasteiger partial charge is 0.507 e. The molecule has 0 amide bonds. The Balaban J connectivity index is 1.52. The molecule has 2 aliphatic carbocycles. The number of aromatic nitrogens is 5. The van der Waals surface area contributed by atoms with Gasteiger partial charge in [0.25, 0.3) is 0 Å². The zero-order valence-corrected chi connectivity index (χ0v) is 21.6. The second-order valence-corrected chi connectivity index (χ2v) is 11.2. The molecular formula is C29H26F2N6O3. The van der Waals surface area contributed by atoms with Crippen LogP contribution in [0, 0.1) is 11.6 Å². The van der Waals surface area contributed by atoms with Crippen LogP contribution in [0.5, 0.6) is 11.5 Å². The van der Waals surface area contributed by atoms with Crippen LogP contribution < -0.4 is 15.3 Å². The number of halogens is 2. The second kappa shape index (κ2) is 8.67. The van der Waals surface area contributed by atoms with Crippen LogP contribution in [0.15, 0.2) is 29.3 Å². The minimum atomic E-state index is -0.907. The highest BCUT2D eigenvalue weighted by Crippen LogP contribution is 2.49. The zero-order chi connectivity index (χ0) is 27.1. The average Bonchev–Trinajstić information content (AvgIpc) is 3.85. The Bertz CT molecular complexity index is 1720. The van der Waals surface area contributed by atoms with Crippen LogP contribution in [-0.4, -0.2) is 48.8 Å². The molecule has 5 heterocycles. The summed E-state index contributed by atoms with van der Waals surface area (Å²) < 4.78 is 39.0. The van der Waals surface area contributed by atoms with Crippen molar-refractivity contribution >= 4 is 16.9 Å². The molecule has 1 atom stereocenters. The number of hydrogen-bond acceptors (Lipinski definition) is 8. The van der Waals surface area contributed by atoms with Crippen LogP contribution in [0.1, 0.15) is 68.2 Å². The van der Waals surface area contributed by atoms with Crippen LogP contribution in [0.4, 0.5) is 14.6 Å². The van der Waals surface area contributed by atoms with Crippen molar-refractivity contribution < 1.29 is 18.6 Å². The minimum absolute atomic E-state index is 0.0916. The lowest BCUT2D eigenvalue weighted by Gasteiger charge is -2.34. The maximum atomic E-state index is 16.4. The van der Waals surface area contributed by atoms with Gasteiger partial charge in [-0.15, -0.1) is 0 Å². The lowest BCUT2D eigenvalue weighted by Crippen LogP contribution is -2.43. The van der Waals surface area contributed by atoms with E-state index in [-0.39, 0.29) is 41.3 Å². The summed E-state index contributed by atoms with van der Waals surface area (Å²) in [5.41, 5.74) is 0.699. The van der Waals surface area contributed by atoms with E-state index in [1.807, 2.05) is 4.90 Å². The highest BCUT2D eigenvalue weighted by Gasteiger charge is 2.39. The molecule has 3 fully saturated rings. The molecule has 2 saturated carbocycles. The fourth-order valence-corrected chi connectivity index (χ4v) is 6.22. The summed E-state index contributed by atoms with van der Waals surface area (Å²) in [6.45, 7) is 0.823. The molecule has 0 radical (unpaired) electrons. The van der Waals surface area contributed by atoms with E-state index in [1.165, 1.54) is 23.0 Å². The molecule has 4 aliphatic rings. The number of phenols is 1. The molecule has 11 heteroatoms. The van der Waals surface area contributed by atoms with E-state index in [9.17, 15) is 9.90 Å². The number of pyridine rings is 1. The van der Waals surface area contributed by atoms with Gasteiger partial charge in [0, 0.05) is 18.4 Å². The molecule has 40 heavy (non-hydrogen) atoms. The molecule has 9 nitrogen and oxygen atoms in total. The number of anilines is 1. The van der Waals surface area contributed by atoms with Crippen molar-refractivity contribution in [2.24, 2.45) is 0 Å². The summed E-state index contributed by atoms with van der Waals surface area (Å²) in [5.74, 6) is -1.70. The maximum absolute atomic E-state index is 16.4. The van der Waals surface area contributed by atoms with Crippen LogP contribution in [-0.2, 0) is 0 Å². The molecule has 3 aromatic heterocycles. The van der Waals surface area contributed by atoms with Crippen LogP contribution >= 0.6 is 0 Å². The fraction of sp³-hybridized carbons (Fsp3) is 0.414. The Morgan fingerprint density at radius 2 is 1.73 bits per heavy atom. The zero-order valence-electron chi connectivity index (χ0n) is 21.6. The molecular weight excluding hydrogens is 518 g/mol. The minimum Gasteiger partial charge on any atom is -0.507 e. The van der Waals surface area contributed by atoms with Gasteiger partial charge in [0.15, 0.2) is 17.2 Å². The van der Waals surface area contributed by atoms with Crippen molar-refractivity contribution in [3.63, 3.8) is 0 Å². The number of phenolic OH excluding ortho intramolecular Hbond substituents is 1. The predicted octanol–water partition coefficient (Wildman–Crippen LogP) is 4.73. The third-order valence-corrected chi connectivity index (χ3v) is 8.48. The molecule has 0 bridgehead atoms. The monoisotopic (exact) mass is 544 g/mol. The Labute approximate surface area is 227 Å². The van der Waals surface area contributed by atoms with E-state index in [4.69, 9.17) is 4.74 Å². The molecule has 1 aromatic carbocycles. The molecule has 1 N–H and O–H groups in total. The number of nitrogens with zero attached hydrogens (tertiary/aromatic N) is 6. The smallest absolute Gasteiger partial charge is 0.355 e. The first-order valence-corrected chi connectivity index (χ1v) is 13.9. The lowest BCUT2D eigenvalue weighted by atomic mass is 10.0. The number of benzene rings is 1. The van der Waals surface area contributed by atoms with E-state index >= 15 is 8.78 Å². The summed E-state index contributed by atoms with van der Waals surface area (Å²) in [6, 6.07) is 3.64. The first kappa shape index (κ1) is 23.7. The first-order valence-electron chi connectivity index (χ1n) is 13.9. The van der Waals surface area contributed by atoms with Gasteiger partial charge in [-0.2, -0.15) is 4.98 Å². The lowest BCUT2D eigenvalue weighted by molar-refractivity contribution is 0.258. The molecule has 8 rings (SSSR count). The van der Waals surface area contributed by atoms with Gasteiger partial charge in [-0.3, -0.25) is 0 Å². The summed E-state index contributed by atoms with van der Waals surface area (Å²) >= 11 is 0. The maximum Gasteiger partial charge on any atom is 0.355 e. The van der Waals surface area contributed by atoms with E-state index in [0.717, 1.165) is 62.4 Å². The van der Waals surface area contributed by atoms with Gasteiger partial charge >= 0.3 is 5.69 Å². The van der Waals surface area contributed by atoms with Crippen molar-refractivity contribution in [1.29, 1.82) is 0 Å². The second-order valence-electron chi connectivity index (χ2n) is 11.2. The Morgan fingerprint density at radius 1 is 0.975 bits per heavy atom. The summed E-state index contributed by atoms with van der Waals surface area (Å²) in [7, 11) is 0. The molecule has 2 aliphatic heterocycles. The van der Waals surface area contributed by atoms with Crippen LogP contribution in [0.25, 0.3) is 28.0 Å². The number of fused-ring (bicyclic) bond motifs is 2.